The first kappa shape index (κ1) is 26.6. The van der Waals surface area contributed by atoms with Gasteiger partial charge in [0.25, 0.3) is 0 Å². The monoisotopic (exact) mass is 533 g/mol. The highest BCUT2D eigenvalue weighted by atomic mass is 35.5. The van der Waals surface area contributed by atoms with Crippen molar-refractivity contribution >= 4 is 23.3 Å². The molecule has 1 saturated heterocycles. The van der Waals surface area contributed by atoms with Gasteiger partial charge >= 0.3 is 0 Å². The first-order valence-electron chi connectivity index (χ1n) is 13.6. The number of hydrogen-bond donors (Lipinski definition) is 2. The number of aliphatic hydroxyl groups excluding tert-OH is 1. The summed E-state index contributed by atoms with van der Waals surface area (Å²) in [5.74, 6) is 1.36. The van der Waals surface area contributed by atoms with E-state index in [4.69, 9.17) is 11.6 Å². The number of nitrogens with zero attached hydrogens (tertiary/aromatic N) is 4. The zero-order chi connectivity index (χ0) is 26.5. The molecule has 1 aliphatic carbocycles. The van der Waals surface area contributed by atoms with Crippen LogP contribution in [0.3, 0.4) is 0 Å². The molecule has 0 bridgehead atoms. The normalized spacial score (nSPS) is 18.8. The van der Waals surface area contributed by atoms with Gasteiger partial charge in [0.2, 0.25) is 5.91 Å². The Hall–Kier alpha value is -3.00. The van der Waals surface area contributed by atoms with Crippen molar-refractivity contribution in [3.63, 3.8) is 0 Å². The molecule has 7 nitrogen and oxygen atoms in total. The number of rotatable bonds is 9. The fourth-order valence-corrected chi connectivity index (χ4v) is 5.86. The smallest absolute Gasteiger partial charge is 0.230 e. The summed E-state index contributed by atoms with van der Waals surface area (Å²) < 4.78 is 0. The van der Waals surface area contributed by atoms with Crippen molar-refractivity contribution in [1.82, 2.24) is 20.2 Å². The van der Waals surface area contributed by atoms with Gasteiger partial charge in [0.1, 0.15) is 12.1 Å². The van der Waals surface area contributed by atoms with E-state index in [0.29, 0.717) is 37.0 Å². The third-order valence-electron chi connectivity index (χ3n) is 7.92. The lowest BCUT2D eigenvalue weighted by atomic mass is 9.93. The molecule has 2 aliphatic rings. The van der Waals surface area contributed by atoms with Gasteiger partial charge in [-0.1, -0.05) is 61.0 Å². The lowest BCUT2D eigenvalue weighted by molar-refractivity contribution is -0.133. The maximum atomic E-state index is 13.9. The second-order valence-electron chi connectivity index (χ2n) is 10.3. The number of aliphatic hydroxyl groups is 1. The lowest BCUT2D eigenvalue weighted by Gasteiger charge is -2.38. The number of halogens is 1. The SMILES string of the molecule is C[C@@H]1CCc2ncnc(N3CCN(C(=O)[C@H](CCNC(CO)c4ccccc4)c4ccc(Cl)cc4)CC3)c21. The minimum Gasteiger partial charge on any atom is -0.394 e. The summed E-state index contributed by atoms with van der Waals surface area (Å²) in [4.78, 5) is 27.3. The molecule has 0 spiro atoms. The predicted molar refractivity (Wildman–Crippen MR) is 151 cm³/mol. The number of amides is 1. The van der Waals surface area contributed by atoms with Crippen LogP contribution in [0.15, 0.2) is 60.9 Å². The zero-order valence-electron chi connectivity index (χ0n) is 21.9. The van der Waals surface area contributed by atoms with Gasteiger partial charge in [0.05, 0.1) is 18.6 Å². The third kappa shape index (κ3) is 5.85. The van der Waals surface area contributed by atoms with Crippen LogP contribution in [0.1, 0.15) is 60.0 Å². The Labute approximate surface area is 229 Å². The van der Waals surface area contributed by atoms with Crippen LogP contribution >= 0.6 is 11.6 Å². The Balaban J connectivity index is 1.25. The van der Waals surface area contributed by atoms with Gasteiger partial charge in [0, 0.05) is 42.5 Å². The number of fused-ring (bicyclic) bond motifs is 1. The summed E-state index contributed by atoms with van der Waals surface area (Å²) in [6.07, 6.45) is 4.45. The van der Waals surface area contributed by atoms with Crippen molar-refractivity contribution in [2.24, 2.45) is 0 Å². The number of aryl methyl sites for hydroxylation is 1. The lowest BCUT2D eigenvalue weighted by Crippen LogP contribution is -2.50. The molecule has 1 fully saturated rings. The van der Waals surface area contributed by atoms with Gasteiger partial charge in [-0.2, -0.15) is 0 Å². The maximum absolute atomic E-state index is 13.9. The van der Waals surface area contributed by atoms with E-state index in [1.165, 1.54) is 11.3 Å². The van der Waals surface area contributed by atoms with Crippen molar-refractivity contribution < 1.29 is 9.90 Å². The molecule has 1 aromatic heterocycles. The highest BCUT2D eigenvalue weighted by molar-refractivity contribution is 6.30. The number of piperazine rings is 1. The molecule has 0 radical (unpaired) electrons. The molecule has 3 aromatic rings. The molecule has 0 saturated carbocycles. The number of benzene rings is 2. The van der Waals surface area contributed by atoms with Gasteiger partial charge in [0.15, 0.2) is 0 Å². The number of nitrogens with one attached hydrogen (secondary N) is 1. The Morgan fingerprint density at radius 2 is 1.79 bits per heavy atom. The summed E-state index contributed by atoms with van der Waals surface area (Å²) in [7, 11) is 0. The molecule has 3 atom stereocenters. The fourth-order valence-electron chi connectivity index (χ4n) is 5.74. The van der Waals surface area contributed by atoms with Crippen molar-refractivity contribution in [1.29, 1.82) is 0 Å². The van der Waals surface area contributed by atoms with Crippen molar-refractivity contribution in [2.45, 2.75) is 44.1 Å². The minimum atomic E-state index is -0.287. The van der Waals surface area contributed by atoms with E-state index in [-0.39, 0.29) is 24.5 Å². The second-order valence-corrected chi connectivity index (χ2v) is 10.7. The van der Waals surface area contributed by atoms with E-state index in [9.17, 15) is 9.90 Å². The Kier molecular flexibility index (Phi) is 8.57. The van der Waals surface area contributed by atoms with E-state index in [2.05, 4.69) is 27.1 Å². The van der Waals surface area contributed by atoms with E-state index in [1.807, 2.05) is 59.5 Å². The summed E-state index contributed by atoms with van der Waals surface area (Å²) >= 11 is 6.15. The van der Waals surface area contributed by atoms with Crippen LogP contribution in [-0.2, 0) is 11.2 Å². The largest absolute Gasteiger partial charge is 0.394 e. The van der Waals surface area contributed by atoms with Gasteiger partial charge in [-0.05, 0) is 55.0 Å². The molecule has 2 N–H and O–H groups in total. The molecule has 2 aromatic carbocycles. The molecule has 5 rings (SSSR count). The quantitative estimate of drug-likeness (QED) is 0.426. The van der Waals surface area contributed by atoms with Gasteiger partial charge < -0.3 is 20.2 Å². The van der Waals surface area contributed by atoms with Crippen LogP contribution in [0.5, 0.6) is 0 Å². The molecule has 8 heteroatoms. The Morgan fingerprint density at radius 1 is 1.05 bits per heavy atom. The standard InChI is InChI=1S/C30H36ClN5O2/c1-21-7-12-26-28(21)29(34-20-33-26)35-15-17-36(18-16-35)30(38)25(22-8-10-24(31)11-9-22)13-14-32-27(19-37)23-5-3-2-4-6-23/h2-6,8-11,20-21,25,27,32,37H,7,12-19H2,1H3/t21-,25-,27?/m1/s1. The average Bonchev–Trinajstić information content (AvgIpc) is 3.35. The zero-order valence-corrected chi connectivity index (χ0v) is 22.6. The van der Waals surface area contributed by atoms with E-state index >= 15 is 0 Å². The third-order valence-corrected chi connectivity index (χ3v) is 8.17. The fraction of sp³-hybridized carbons (Fsp3) is 0.433. The molecular weight excluding hydrogens is 498 g/mol. The molecule has 38 heavy (non-hydrogen) atoms. The summed E-state index contributed by atoms with van der Waals surface area (Å²) in [6.45, 7) is 5.69. The average molecular weight is 534 g/mol. The van der Waals surface area contributed by atoms with E-state index in [1.54, 1.807) is 6.33 Å². The van der Waals surface area contributed by atoms with Gasteiger partial charge in [-0.25, -0.2) is 9.97 Å². The van der Waals surface area contributed by atoms with Gasteiger partial charge in [-0.3, -0.25) is 4.79 Å². The summed E-state index contributed by atoms with van der Waals surface area (Å²) in [6, 6.07) is 17.3. The summed E-state index contributed by atoms with van der Waals surface area (Å²) in [5.41, 5.74) is 4.46. The highest BCUT2D eigenvalue weighted by Crippen LogP contribution is 2.37. The molecule has 1 amide bonds. The number of anilines is 1. The molecular formula is C30H36ClN5O2. The first-order chi connectivity index (χ1) is 18.5. The predicted octanol–water partition coefficient (Wildman–Crippen LogP) is 4.33. The van der Waals surface area contributed by atoms with Crippen LogP contribution < -0.4 is 10.2 Å². The van der Waals surface area contributed by atoms with Crippen molar-refractivity contribution in [3.05, 3.63) is 88.3 Å². The second kappa shape index (κ2) is 12.2. The van der Waals surface area contributed by atoms with Crippen LogP contribution in [-0.4, -0.2) is 65.2 Å². The number of hydrogen-bond acceptors (Lipinski definition) is 6. The van der Waals surface area contributed by atoms with Crippen molar-refractivity contribution in [2.75, 3.05) is 44.2 Å². The van der Waals surface area contributed by atoms with Crippen LogP contribution in [0.2, 0.25) is 5.02 Å². The number of carbonyl (C=O) groups excluding carboxylic acids is 1. The molecule has 200 valence electrons. The number of aromatic nitrogens is 2. The maximum Gasteiger partial charge on any atom is 0.230 e. The van der Waals surface area contributed by atoms with E-state index < -0.39 is 0 Å². The van der Waals surface area contributed by atoms with Gasteiger partial charge in [-0.15, -0.1) is 0 Å². The minimum absolute atomic E-state index is 0.00308. The summed E-state index contributed by atoms with van der Waals surface area (Å²) in [5, 5.41) is 14.0. The first-order valence-corrected chi connectivity index (χ1v) is 13.9. The van der Waals surface area contributed by atoms with E-state index in [0.717, 1.165) is 42.9 Å². The molecule has 2 heterocycles. The van der Waals surface area contributed by atoms with Crippen LogP contribution in [0.4, 0.5) is 5.82 Å². The van der Waals surface area contributed by atoms with Crippen LogP contribution in [0, 0.1) is 0 Å². The molecule has 1 aliphatic heterocycles. The Bertz CT molecular complexity index is 1220. The molecule has 1 unspecified atom stereocenters. The highest BCUT2D eigenvalue weighted by Gasteiger charge is 2.32. The topological polar surface area (TPSA) is 81.6 Å². The Morgan fingerprint density at radius 3 is 2.50 bits per heavy atom. The van der Waals surface area contributed by atoms with Crippen LogP contribution in [0.25, 0.3) is 0 Å². The van der Waals surface area contributed by atoms with Crippen molar-refractivity contribution in [3.8, 4) is 0 Å². The number of carbonyl (C=O) groups is 1.